The van der Waals surface area contributed by atoms with Crippen LogP contribution in [-0.4, -0.2) is 42.6 Å². The van der Waals surface area contributed by atoms with Crippen LogP contribution in [0.3, 0.4) is 0 Å². The van der Waals surface area contributed by atoms with Crippen molar-refractivity contribution >= 4 is 30.4 Å². The van der Waals surface area contributed by atoms with Gasteiger partial charge in [-0.25, -0.2) is 0 Å². The van der Waals surface area contributed by atoms with Gasteiger partial charge >= 0.3 is 0 Å². The van der Waals surface area contributed by atoms with Gasteiger partial charge in [-0.15, -0.1) is 0 Å². The van der Waals surface area contributed by atoms with Crippen molar-refractivity contribution in [3.05, 3.63) is 0 Å². The molecule has 3 amide bonds. The van der Waals surface area contributed by atoms with Crippen LogP contribution >= 0.6 is 12.6 Å². The number of thiol groups is 1. The number of hydrogen-bond acceptors (Lipinski definition) is 4. The summed E-state index contributed by atoms with van der Waals surface area (Å²) in [6.45, 7) is 6.22. The molecule has 0 aromatic carbocycles. The van der Waals surface area contributed by atoms with E-state index in [1.165, 1.54) is 6.92 Å². The Balaban J connectivity index is 3.89. The van der Waals surface area contributed by atoms with Crippen molar-refractivity contribution in [3.8, 4) is 0 Å². The van der Waals surface area contributed by atoms with Crippen molar-refractivity contribution in [1.82, 2.24) is 16.0 Å². The highest BCUT2D eigenvalue weighted by atomic mass is 32.1. The van der Waals surface area contributed by atoms with Crippen LogP contribution in [0.5, 0.6) is 0 Å². The molecule has 0 rings (SSSR count). The second kappa shape index (κ2) is 9.66. The van der Waals surface area contributed by atoms with Gasteiger partial charge in [0.2, 0.25) is 17.7 Å². The normalized spacial score (nSPS) is 11.8. The molecular weight excluding hydrogens is 266 g/mol. The second-order valence-corrected chi connectivity index (χ2v) is 5.04. The molecule has 6 nitrogen and oxygen atoms in total. The third-order valence-electron chi connectivity index (χ3n) is 2.24. The van der Waals surface area contributed by atoms with E-state index in [-0.39, 0.29) is 36.4 Å². The second-order valence-electron chi connectivity index (χ2n) is 4.67. The van der Waals surface area contributed by atoms with Crippen LogP contribution in [0.15, 0.2) is 0 Å². The first kappa shape index (κ1) is 17.8. The van der Waals surface area contributed by atoms with E-state index in [1.807, 2.05) is 13.8 Å². The highest BCUT2D eigenvalue weighted by Gasteiger charge is 2.17. The van der Waals surface area contributed by atoms with Gasteiger partial charge in [-0.1, -0.05) is 13.8 Å². The van der Waals surface area contributed by atoms with E-state index < -0.39 is 6.04 Å². The standard InChI is InChI=1S/C12H23N3O3S/c1-8(2)6-14-11(17)4-5-13-12(18)10(7-19)15-9(3)16/h8,10,19H,4-7H2,1-3H3,(H,13,18)(H,14,17)(H,15,16). The molecule has 0 aliphatic carbocycles. The SMILES string of the molecule is CC(=O)NC(CS)C(=O)NCCC(=O)NCC(C)C. The highest BCUT2D eigenvalue weighted by molar-refractivity contribution is 7.80. The predicted octanol–water partition coefficient (Wildman–Crippen LogP) is -0.301. The number of nitrogens with one attached hydrogen (secondary N) is 3. The van der Waals surface area contributed by atoms with E-state index in [1.54, 1.807) is 0 Å². The molecule has 1 unspecified atom stereocenters. The van der Waals surface area contributed by atoms with Crippen molar-refractivity contribution in [1.29, 1.82) is 0 Å². The molecule has 1 atom stereocenters. The lowest BCUT2D eigenvalue weighted by atomic mass is 10.2. The van der Waals surface area contributed by atoms with Crippen LogP contribution in [0.25, 0.3) is 0 Å². The molecule has 0 aromatic rings. The minimum absolute atomic E-state index is 0.101. The number of carbonyl (C=O) groups excluding carboxylic acids is 3. The Morgan fingerprint density at radius 3 is 2.26 bits per heavy atom. The van der Waals surface area contributed by atoms with Crippen molar-refractivity contribution in [2.24, 2.45) is 5.92 Å². The third-order valence-corrected chi connectivity index (χ3v) is 2.60. The maximum atomic E-state index is 11.7. The van der Waals surface area contributed by atoms with Gasteiger partial charge in [-0.05, 0) is 5.92 Å². The minimum atomic E-state index is -0.667. The Labute approximate surface area is 119 Å². The van der Waals surface area contributed by atoms with Crippen LogP contribution in [0.4, 0.5) is 0 Å². The summed E-state index contributed by atoms with van der Waals surface area (Å²) >= 11 is 3.99. The van der Waals surface area contributed by atoms with Gasteiger partial charge in [-0.3, -0.25) is 14.4 Å². The lowest BCUT2D eigenvalue weighted by Crippen LogP contribution is -2.47. The van der Waals surface area contributed by atoms with Gasteiger partial charge in [0.1, 0.15) is 6.04 Å². The molecule has 0 spiro atoms. The topological polar surface area (TPSA) is 87.3 Å². The molecule has 0 radical (unpaired) electrons. The Hall–Kier alpha value is -1.24. The monoisotopic (exact) mass is 289 g/mol. The molecule has 0 bridgehead atoms. The lowest BCUT2D eigenvalue weighted by molar-refractivity contribution is -0.127. The van der Waals surface area contributed by atoms with Crippen LogP contribution in [-0.2, 0) is 14.4 Å². The fraction of sp³-hybridized carbons (Fsp3) is 0.750. The van der Waals surface area contributed by atoms with Crippen LogP contribution < -0.4 is 16.0 Å². The summed E-state index contributed by atoms with van der Waals surface area (Å²) in [5.74, 6) is -0.112. The van der Waals surface area contributed by atoms with Gasteiger partial charge in [0.15, 0.2) is 0 Å². The zero-order chi connectivity index (χ0) is 14.8. The van der Waals surface area contributed by atoms with Gasteiger partial charge in [0.05, 0.1) is 0 Å². The Kier molecular flexibility index (Phi) is 9.03. The zero-order valence-corrected chi connectivity index (χ0v) is 12.5. The first-order valence-corrected chi connectivity index (χ1v) is 6.92. The predicted molar refractivity (Wildman–Crippen MR) is 76.9 cm³/mol. The molecule has 3 N–H and O–H groups in total. The largest absolute Gasteiger partial charge is 0.356 e. The summed E-state index contributed by atoms with van der Waals surface area (Å²) in [5.41, 5.74) is 0. The van der Waals surface area contributed by atoms with Crippen LogP contribution in [0, 0.1) is 5.92 Å². The third kappa shape index (κ3) is 9.35. The van der Waals surface area contributed by atoms with Gasteiger partial charge < -0.3 is 16.0 Å². The first-order valence-electron chi connectivity index (χ1n) is 6.29. The minimum Gasteiger partial charge on any atom is -0.356 e. The lowest BCUT2D eigenvalue weighted by Gasteiger charge is -2.15. The smallest absolute Gasteiger partial charge is 0.243 e. The van der Waals surface area contributed by atoms with E-state index in [9.17, 15) is 14.4 Å². The van der Waals surface area contributed by atoms with E-state index >= 15 is 0 Å². The number of hydrogen-bond donors (Lipinski definition) is 4. The number of amides is 3. The van der Waals surface area contributed by atoms with Gasteiger partial charge in [-0.2, -0.15) is 12.6 Å². The molecule has 0 saturated heterocycles. The van der Waals surface area contributed by atoms with Crippen molar-refractivity contribution in [2.75, 3.05) is 18.8 Å². The van der Waals surface area contributed by atoms with Gasteiger partial charge in [0, 0.05) is 32.2 Å². The summed E-state index contributed by atoms with van der Waals surface area (Å²) in [5, 5.41) is 7.83. The van der Waals surface area contributed by atoms with Crippen molar-refractivity contribution in [2.45, 2.75) is 33.2 Å². The molecule has 0 saturated carbocycles. The summed E-state index contributed by atoms with van der Waals surface area (Å²) in [7, 11) is 0. The molecule has 0 fully saturated rings. The number of rotatable bonds is 8. The highest BCUT2D eigenvalue weighted by Crippen LogP contribution is 1.90. The number of carbonyl (C=O) groups is 3. The zero-order valence-electron chi connectivity index (χ0n) is 11.7. The van der Waals surface area contributed by atoms with Gasteiger partial charge in [0.25, 0.3) is 0 Å². The van der Waals surface area contributed by atoms with Crippen LogP contribution in [0.1, 0.15) is 27.2 Å². The molecule has 0 aliphatic rings. The summed E-state index contributed by atoms with van der Waals surface area (Å²) in [4.78, 5) is 33.9. The van der Waals surface area contributed by atoms with Crippen molar-refractivity contribution < 1.29 is 14.4 Å². The summed E-state index contributed by atoms with van der Waals surface area (Å²) < 4.78 is 0. The fourth-order valence-corrected chi connectivity index (χ4v) is 1.53. The molecule has 19 heavy (non-hydrogen) atoms. The molecule has 0 aromatic heterocycles. The summed E-state index contributed by atoms with van der Waals surface area (Å²) in [6.07, 6.45) is 0.220. The molecular formula is C12H23N3O3S. The van der Waals surface area contributed by atoms with E-state index in [0.29, 0.717) is 12.5 Å². The quantitative estimate of drug-likeness (QED) is 0.463. The van der Waals surface area contributed by atoms with E-state index in [2.05, 4.69) is 28.6 Å². The summed E-state index contributed by atoms with van der Waals surface area (Å²) in [6, 6.07) is -0.667. The average Bonchev–Trinajstić information content (AvgIpc) is 2.32. The molecule has 0 aliphatic heterocycles. The average molecular weight is 289 g/mol. The molecule has 110 valence electrons. The first-order chi connectivity index (χ1) is 8.86. The van der Waals surface area contributed by atoms with E-state index in [4.69, 9.17) is 0 Å². The maximum Gasteiger partial charge on any atom is 0.243 e. The van der Waals surface area contributed by atoms with E-state index in [0.717, 1.165) is 0 Å². The Bertz CT molecular complexity index is 321. The fourth-order valence-electron chi connectivity index (χ4n) is 1.27. The Morgan fingerprint density at radius 1 is 1.16 bits per heavy atom. The van der Waals surface area contributed by atoms with Crippen molar-refractivity contribution in [3.63, 3.8) is 0 Å². The maximum absolute atomic E-state index is 11.7. The molecule has 7 heteroatoms. The van der Waals surface area contributed by atoms with Crippen LogP contribution in [0.2, 0.25) is 0 Å². The molecule has 0 heterocycles. The Morgan fingerprint density at radius 2 is 1.79 bits per heavy atom.